The van der Waals surface area contributed by atoms with Crippen LogP contribution in [0.25, 0.3) is 0 Å². The number of rotatable bonds is 6. The van der Waals surface area contributed by atoms with E-state index in [0.29, 0.717) is 24.6 Å². The molecule has 1 aliphatic rings. The van der Waals surface area contributed by atoms with Crippen LogP contribution in [0.15, 0.2) is 24.3 Å². The highest BCUT2D eigenvalue weighted by Gasteiger charge is 2.21. The zero-order chi connectivity index (χ0) is 14.4. The monoisotopic (exact) mass is 280 g/mol. The van der Waals surface area contributed by atoms with Crippen molar-refractivity contribution in [2.75, 3.05) is 31.6 Å². The van der Waals surface area contributed by atoms with Crippen LogP contribution in [0.5, 0.6) is 0 Å². The van der Waals surface area contributed by atoms with Crippen molar-refractivity contribution in [3.8, 4) is 0 Å². The van der Waals surface area contributed by atoms with E-state index in [1.165, 1.54) is 12.1 Å². The molecule has 1 aromatic rings. The lowest BCUT2D eigenvalue weighted by molar-refractivity contribution is -0.116. The quantitative estimate of drug-likeness (QED) is 0.836. The maximum Gasteiger partial charge on any atom is 0.225 e. The van der Waals surface area contributed by atoms with Crippen molar-refractivity contribution in [1.82, 2.24) is 4.90 Å². The van der Waals surface area contributed by atoms with Gasteiger partial charge in [0.15, 0.2) is 0 Å². The molecule has 20 heavy (non-hydrogen) atoms. The minimum atomic E-state index is -0.353. The smallest absolute Gasteiger partial charge is 0.225 e. The molecule has 4 nitrogen and oxygen atoms in total. The number of carbonyl (C=O) groups excluding carboxylic acids is 1. The predicted molar refractivity (Wildman–Crippen MR) is 75.9 cm³/mol. The highest BCUT2D eigenvalue weighted by molar-refractivity contribution is 5.90. The van der Waals surface area contributed by atoms with Crippen LogP contribution in [0, 0.1) is 11.7 Å². The summed E-state index contributed by atoms with van der Waals surface area (Å²) in [5.41, 5.74) is 0.495. The van der Waals surface area contributed by atoms with Gasteiger partial charge in [0, 0.05) is 31.8 Å². The normalized spacial score (nSPS) is 19.2. The summed E-state index contributed by atoms with van der Waals surface area (Å²) < 4.78 is 13.0. The first kappa shape index (κ1) is 14.9. The van der Waals surface area contributed by atoms with Crippen LogP contribution < -0.4 is 5.32 Å². The number of benzene rings is 1. The number of aliphatic hydroxyl groups excluding tert-OH is 1. The molecule has 1 saturated heterocycles. The Hall–Kier alpha value is -1.46. The van der Waals surface area contributed by atoms with Crippen LogP contribution in [-0.2, 0) is 4.79 Å². The Morgan fingerprint density at radius 1 is 1.50 bits per heavy atom. The molecule has 0 saturated carbocycles. The minimum absolute atomic E-state index is 0.0961. The van der Waals surface area contributed by atoms with Gasteiger partial charge in [0.25, 0.3) is 0 Å². The average molecular weight is 280 g/mol. The number of aliphatic hydroxyl groups is 1. The van der Waals surface area contributed by atoms with Crippen molar-refractivity contribution in [2.24, 2.45) is 5.92 Å². The third-order valence-electron chi connectivity index (χ3n) is 3.67. The lowest BCUT2D eigenvalue weighted by atomic mass is 10.1. The van der Waals surface area contributed by atoms with Crippen LogP contribution in [-0.4, -0.2) is 42.2 Å². The fourth-order valence-electron chi connectivity index (χ4n) is 2.58. The number of likely N-dealkylation sites (tertiary alicyclic amines) is 1. The molecule has 1 atom stereocenters. The third-order valence-corrected chi connectivity index (χ3v) is 3.67. The Morgan fingerprint density at radius 3 is 3.10 bits per heavy atom. The number of nitrogens with one attached hydrogen (secondary N) is 1. The van der Waals surface area contributed by atoms with Gasteiger partial charge in [-0.05, 0) is 43.5 Å². The van der Waals surface area contributed by atoms with Gasteiger partial charge in [0.05, 0.1) is 0 Å². The maximum atomic E-state index is 13.0. The molecule has 1 heterocycles. The summed E-state index contributed by atoms with van der Waals surface area (Å²) in [5.74, 6) is 0.0988. The fraction of sp³-hybridized carbons (Fsp3) is 0.533. The summed E-state index contributed by atoms with van der Waals surface area (Å²) in [5, 5.41) is 11.6. The molecule has 1 amide bonds. The molecule has 2 N–H and O–H groups in total. The molecule has 0 aliphatic carbocycles. The topological polar surface area (TPSA) is 52.6 Å². The highest BCUT2D eigenvalue weighted by Crippen LogP contribution is 2.19. The lowest BCUT2D eigenvalue weighted by Crippen LogP contribution is -2.26. The van der Waals surface area contributed by atoms with Crippen LogP contribution in [0.3, 0.4) is 0 Å². The number of anilines is 1. The second kappa shape index (κ2) is 7.36. The van der Waals surface area contributed by atoms with Gasteiger partial charge in [-0.25, -0.2) is 4.39 Å². The molecule has 1 unspecified atom stereocenters. The van der Waals surface area contributed by atoms with Gasteiger partial charge in [-0.1, -0.05) is 6.07 Å². The van der Waals surface area contributed by atoms with Gasteiger partial charge >= 0.3 is 0 Å². The molecule has 0 bridgehead atoms. The molecule has 110 valence electrons. The second-order valence-corrected chi connectivity index (χ2v) is 5.28. The standard InChI is InChI=1S/C15H21FN2O2/c16-13-2-1-3-14(10-13)17-15(20)5-8-18-7-4-12(11-18)6-9-19/h1-3,10,12,19H,4-9,11H2,(H,17,20). The third kappa shape index (κ3) is 4.58. The molecule has 2 rings (SSSR count). The number of hydrogen-bond donors (Lipinski definition) is 2. The molecule has 0 aromatic heterocycles. The van der Waals surface area contributed by atoms with Crippen molar-refractivity contribution in [1.29, 1.82) is 0 Å². The summed E-state index contributed by atoms with van der Waals surface area (Å²) in [6.07, 6.45) is 2.33. The Labute approximate surface area is 118 Å². The van der Waals surface area contributed by atoms with Gasteiger partial charge < -0.3 is 15.3 Å². The van der Waals surface area contributed by atoms with E-state index in [2.05, 4.69) is 10.2 Å². The van der Waals surface area contributed by atoms with E-state index in [1.54, 1.807) is 12.1 Å². The second-order valence-electron chi connectivity index (χ2n) is 5.28. The maximum absolute atomic E-state index is 13.0. The first-order chi connectivity index (χ1) is 9.67. The van der Waals surface area contributed by atoms with E-state index in [9.17, 15) is 9.18 Å². The molecular weight excluding hydrogens is 259 g/mol. The summed E-state index contributed by atoms with van der Waals surface area (Å²) >= 11 is 0. The first-order valence-corrected chi connectivity index (χ1v) is 7.06. The van der Waals surface area contributed by atoms with Crippen molar-refractivity contribution >= 4 is 11.6 Å². The molecular formula is C15H21FN2O2. The van der Waals surface area contributed by atoms with Crippen molar-refractivity contribution in [2.45, 2.75) is 19.3 Å². The minimum Gasteiger partial charge on any atom is -0.396 e. The average Bonchev–Trinajstić information content (AvgIpc) is 2.85. The lowest BCUT2D eigenvalue weighted by Gasteiger charge is -2.15. The van der Waals surface area contributed by atoms with Crippen LogP contribution in [0.1, 0.15) is 19.3 Å². The molecule has 1 aliphatic heterocycles. The first-order valence-electron chi connectivity index (χ1n) is 7.06. The summed E-state index contributed by atoms with van der Waals surface area (Å²) in [6, 6.07) is 5.91. The van der Waals surface area contributed by atoms with Crippen molar-refractivity contribution in [3.05, 3.63) is 30.1 Å². The van der Waals surface area contributed by atoms with Gasteiger partial charge in [-0.3, -0.25) is 4.79 Å². The number of carbonyl (C=O) groups is 1. The SMILES string of the molecule is O=C(CCN1CCC(CCO)C1)Nc1cccc(F)c1. The molecule has 0 radical (unpaired) electrons. The van der Waals surface area contributed by atoms with E-state index in [0.717, 1.165) is 25.9 Å². The molecule has 1 fully saturated rings. The Bertz CT molecular complexity index is 453. The van der Waals surface area contributed by atoms with E-state index in [-0.39, 0.29) is 18.3 Å². The molecule has 1 aromatic carbocycles. The van der Waals surface area contributed by atoms with Gasteiger partial charge in [0.1, 0.15) is 5.82 Å². The fourth-order valence-corrected chi connectivity index (χ4v) is 2.58. The van der Waals surface area contributed by atoms with Gasteiger partial charge in [0.2, 0.25) is 5.91 Å². The zero-order valence-corrected chi connectivity index (χ0v) is 11.5. The number of nitrogens with zero attached hydrogens (tertiary/aromatic N) is 1. The number of halogens is 1. The summed E-state index contributed by atoms with van der Waals surface area (Å²) in [4.78, 5) is 14.0. The largest absolute Gasteiger partial charge is 0.396 e. The summed E-state index contributed by atoms with van der Waals surface area (Å²) in [7, 11) is 0. The van der Waals surface area contributed by atoms with E-state index >= 15 is 0 Å². The Balaban J connectivity index is 1.70. The van der Waals surface area contributed by atoms with E-state index < -0.39 is 0 Å². The van der Waals surface area contributed by atoms with Crippen molar-refractivity contribution in [3.63, 3.8) is 0 Å². The highest BCUT2D eigenvalue weighted by atomic mass is 19.1. The van der Waals surface area contributed by atoms with Crippen molar-refractivity contribution < 1.29 is 14.3 Å². The predicted octanol–water partition coefficient (Wildman–Crippen LogP) is 1.86. The van der Waals surface area contributed by atoms with Gasteiger partial charge in [-0.2, -0.15) is 0 Å². The number of hydrogen-bond acceptors (Lipinski definition) is 3. The van der Waals surface area contributed by atoms with E-state index in [4.69, 9.17) is 5.11 Å². The molecule has 5 heteroatoms. The number of amides is 1. The van der Waals surface area contributed by atoms with Gasteiger partial charge in [-0.15, -0.1) is 0 Å². The zero-order valence-electron chi connectivity index (χ0n) is 11.5. The molecule has 0 spiro atoms. The van der Waals surface area contributed by atoms with E-state index in [1.807, 2.05) is 0 Å². The summed E-state index contributed by atoms with van der Waals surface area (Å²) in [6.45, 7) is 2.88. The van der Waals surface area contributed by atoms with Crippen LogP contribution in [0.4, 0.5) is 10.1 Å². The Morgan fingerprint density at radius 2 is 2.35 bits per heavy atom. The van der Waals surface area contributed by atoms with Crippen LogP contribution in [0.2, 0.25) is 0 Å². The van der Waals surface area contributed by atoms with Crippen LogP contribution >= 0.6 is 0 Å². The Kier molecular flexibility index (Phi) is 5.49.